The number of fused-ring (bicyclic) bond motifs is 1. The lowest BCUT2D eigenvalue weighted by Crippen LogP contribution is -2.31. The third-order valence-electron chi connectivity index (χ3n) is 4.62. The Morgan fingerprint density at radius 3 is 2.11 bits per heavy atom. The van der Waals surface area contributed by atoms with E-state index < -0.39 is 32.7 Å². The van der Waals surface area contributed by atoms with E-state index in [0.29, 0.717) is 11.4 Å². The van der Waals surface area contributed by atoms with Crippen molar-refractivity contribution in [3.8, 4) is 0 Å². The van der Waals surface area contributed by atoms with E-state index in [1.807, 2.05) is 0 Å². The first kappa shape index (κ1) is 19.4. The zero-order valence-electron chi connectivity index (χ0n) is 14.1. The van der Waals surface area contributed by atoms with E-state index in [1.54, 1.807) is 18.2 Å². The minimum atomic E-state index is -1.11. The minimum Gasteiger partial charge on any atom is -0.340 e. The Hall–Kier alpha value is -1.93. The summed E-state index contributed by atoms with van der Waals surface area (Å²) >= 11 is 6.95. The van der Waals surface area contributed by atoms with Gasteiger partial charge in [-0.05, 0) is 30.3 Å². The third-order valence-corrected chi connectivity index (χ3v) is 5.90. The van der Waals surface area contributed by atoms with Gasteiger partial charge < -0.3 is 4.90 Å². The Morgan fingerprint density at radius 2 is 1.50 bits per heavy atom. The highest BCUT2D eigenvalue weighted by atomic mass is 79.9. The topological polar surface area (TPSA) is 15.6 Å². The molecule has 0 N–H and O–H groups in total. The van der Waals surface area contributed by atoms with Crippen LogP contribution in [0, 0.1) is 23.3 Å². The maximum absolute atomic E-state index is 14.5. The smallest absolute Gasteiger partial charge is 0.153 e. The number of aliphatic imine (C=N–C) groups is 1. The van der Waals surface area contributed by atoms with Crippen molar-refractivity contribution in [1.82, 2.24) is 4.90 Å². The summed E-state index contributed by atoms with van der Waals surface area (Å²) in [7, 11) is 0. The monoisotopic (exact) mass is 514 g/mol. The van der Waals surface area contributed by atoms with Crippen LogP contribution in [0.4, 0.5) is 17.6 Å². The molecule has 0 amide bonds. The number of alkyl halides is 2. The lowest BCUT2D eigenvalue weighted by atomic mass is 10.1. The summed E-state index contributed by atoms with van der Waals surface area (Å²) in [6.45, 7) is -0.250. The molecule has 2 aromatic carbocycles. The van der Waals surface area contributed by atoms with Crippen LogP contribution in [-0.4, -0.2) is 13.8 Å². The normalized spacial score (nSPS) is 20.1. The largest absolute Gasteiger partial charge is 0.340 e. The zero-order chi connectivity index (χ0) is 20.1. The molecule has 0 fully saturated rings. The van der Waals surface area contributed by atoms with E-state index in [4.69, 9.17) is 0 Å². The molecule has 1 atom stereocenters. The van der Waals surface area contributed by atoms with Crippen LogP contribution in [0.2, 0.25) is 0 Å². The van der Waals surface area contributed by atoms with Crippen molar-refractivity contribution in [2.45, 2.75) is 15.9 Å². The average Bonchev–Trinajstić information content (AvgIpc) is 2.98. The predicted molar refractivity (Wildman–Crippen MR) is 106 cm³/mol. The summed E-state index contributed by atoms with van der Waals surface area (Å²) in [5, 5.41) is 0. The number of hydrogen-bond acceptors (Lipinski definition) is 2. The summed E-state index contributed by atoms with van der Waals surface area (Å²) in [5.74, 6) is -3.04. The van der Waals surface area contributed by atoms with E-state index >= 15 is 0 Å². The van der Waals surface area contributed by atoms with Crippen LogP contribution in [0.1, 0.15) is 17.3 Å². The molecule has 0 saturated carbocycles. The van der Waals surface area contributed by atoms with Gasteiger partial charge in [-0.1, -0.05) is 56.1 Å². The Labute approximate surface area is 175 Å². The molecule has 8 heteroatoms. The fourth-order valence-corrected chi connectivity index (χ4v) is 4.22. The molecule has 0 radical (unpaired) electrons. The summed E-state index contributed by atoms with van der Waals surface area (Å²) in [5.41, 5.74) is 0.481. The molecule has 0 spiro atoms. The molecule has 0 saturated heterocycles. The fourth-order valence-electron chi connectivity index (χ4n) is 3.30. The molecule has 4 rings (SSSR count). The first-order valence-corrected chi connectivity index (χ1v) is 9.87. The van der Waals surface area contributed by atoms with Crippen molar-refractivity contribution < 1.29 is 17.6 Å². The second kappa shape index (κ2) is 7.15. The van der Waals surface area contributed by atoms with Crippen LogP contribution in [0.5, 0.6) is 0 Å². The Balaban J connectivity index is 1.86. The maximum Gasteiger partial charge on any atom is 0.153 e. The number of halogens is 6. The molecule has 0 bridgehead atoms. The van der Waals surface area contributed by atoms with Gasteiger partial charge in [0.1, 0.15) is 26.5 Å². The Morgan fingerprint density at radius 1 is 0.929 bits per heavy atom. The fraction of sp³-hybridized carbons (Fsp3) is 0.150. The quantitative estimate of drug-likeness (QED) is 0.354. The molecule has 28 heavy (non-hydrogen) atoms. The molecule has 1 aliphatic heterocycles. The average molecular weight is 516 g/mol. The lowest BCUT2D eigenvalue weighted by Gasteiger charge is -2.30. The van der Waals surface area contributed by atoms with E-state index in [-0.39, 0.29) is 17.7 Å². The highest BCUT2D eigenvalue weighted by Gasteiger charge is 2.43. The molecular weight excluding hydrogens is 504 g/mol. The molecule has 0 aromatic heterocycles. The highest BCUT2D eigenvalue weighted by Crippen LogP contribution is 2.46. The Bertz CT molecular complexity index is 1010. The third kappa shape index (κ3) is 3.22. The van der Waals surface area contributed by atoms with Gasteiger partial charge in [-0.25, -0.2) is 17.6 Å². The standard InChI is InChI=1S/C20H12Br2F4N2/c21-20(22)9-3-8-16-18(20)27-19(17-14(25)6-2-7-15(17)26)28(16)10-11-12(23)4-1-5-13(11)24/h1-9,19H,10H2. The van der Waals surface area contributed by atoms with Crippen molar-refractivity contribution in [3.63, 3.8) is 0 Å². The van der Waals surface area contributed by atoms with E-state index in [1.165, 1.54) is 17.0 Å². The van der Waals surface area contributed by atoms with E-state index in [9.17, 15) is 17.6 Å². The highest BCUT2D eigenvalue weighted by molar-refractivity contribution is 9.26. The van der Waals surface area contributed by atoms with Gasteiger partial charge in [-0.15, -0.1) is 0 Å². The molecule has 2 aromatic rings. The first-order chi connectivity index (χ1) is 13.3. The van der Waals surface area contributed by atoms with Crippen LogP contribution in [0.15, 0.2) is 65.3 Å². The number of allylic oxidation sites excluding steroid dienone is 4. The van der Waals surface area contributed by atoms with Gasteiger partial charge in [0.15, 0.2) is 6.17 Å². The molecule has 2 aliphatic rings. The second-order valence-corrected chi connectivity index (χ2v) is 9.91. The van der Waals surface area contributed by atoms with Crippen molar-refractivity contribution >= 4 is 37.6 Å². The summed E-state index contributed by atoms with van der Waals surface area (Å²) < 4.78 is 56.7. The maximum atomic E-state index is 14.5. The van der Waals surface area contributed by atoms with Crippen LogP contribution >= 0.6 is 31.9 Å². The molecule has 2 nitrogen and oxygen atoms in total. The summed E-state index contributed by atoms with van der Waals surface area (Å²) in [6, 6.07) is 7.06. The summed E-state index contributed by atoms with van der Waals surface area (Å²) in [6.07, 6.45) is 4.06. The van der Waals surface area contributed by atoms with E-state index in [0.717, 1.165) is 24.3 Å². The number of rotatable bonds is 3. The number of nitrogens with zero attached hydrogens (tertiary/aromatic N) is 2. The molecule has 1 aliphatic carbocycles. The number of hydrogen-bond donors (Lipinski definition) is 0. The number of benzene rings is 2. The van der Waals surface area contributed by atoms with Gasteiger partial charge in [0.2, 0.25) is 0 Å². The van der Waals surface area contributed by atoms with Gasteiger partial charge in [0.05, 0.1) is 23.5 Å². The van der Waals surface area contributed by atoms with Gasteiger partial charge in [0.25, 0.3) is 0 Å². The van der Waals surface area contributed by atoms with Gasteiger partial charge in [-0.3, -0.25) is 4.99 Å². The van der Waals surface area contributed by atoms with Gasteiger partial charge in [0, 0.05) is 5.56 Å². The zero-order valence-corrected chi connectivity index (χ0v) is 17.3. The van der Waals surface area contributed by atoms with E-state index in [2.05, 4.69) is 36.9 Å². The molecule has 1 unspecified atom stereocenters. The summed E-state index contributed by atoms with van der Waals surface area (Å²) in [4.78, 5) is 5.98. The Kier molecular flexibility index (Phi) is 4.95. The van der Waals surface area contributed by atoms with Crippen LogP contribution < -0.4 is 0 Å². The molecular formula is C20H12Br2F4N2. The second-order valence-electron chi connectivity index (χ2n) is 6.35. The van der Waals surface area contributed by atoms with Crippen LogP contribution in [-0.2, 0) is 6.54 Å². The molecule has 144 valence electrons. The molecule has 1 heterocycles. The SMILES string of the molecule is Fc1cccc(F)c1CN1C2=CC=CC(Br)(Br)C2=NC1c1c(F)cccc1F. The van der Waals surface area contributed by atoms with Gasteiger partial charge in [-0.2, -0.15) is 0 Å². The predicted octanol–water partition coefficient (Wildman–Crippen LogP) is 6.14. The minimum absolute atomic E-state index is 0.203. The van der Waals surface area contributed by atoms with Crippen LogP contribution in [0.25, 0.3) is 0 Å². The van der Waals surface area contributed by atoms with Crippen molar-refractivity contribution in [2.24, 2.45) is 4.99 Å². The lowest BCUT2D eigenvalue weighted by molar-refractivity contribution is 0.264. The van der Waals surface area contributed by atoms with Crippen molar-refractivity contribution in [3.05, 3.63) is 94.7 Å². The van der Waals surface area contributed by atoms with Crippen molar-refractivity contribution in [2.75, 3.05) is 0 Å². The van der Waals surface area contributed by atoms with Crippen LogP contribution in [0.3, 0.4) is 0 Å². The van der Waals surface area contributed by atoms with Crippen molar-refractivity contribution in [1.29, 1.82) is 0 Å². The van der Waals surface area contributed by atoms with Gasteiger partial charge >= 0.3 is 0 Å². The first-order valence-electron chi connectivity index (χ1n) is 8.29.